The standard InChI is InChI=1S/C44H76O4Si2/c1-30(19-24-38(45)44(26-27-44)39(46)40(3,4)5)35-22-23-36-32(18-17-25-43(35,36)12)20-21-33-28-34(47-49(13,14)41(6,7)8)29-37(31(33)2)48-50(15,16)42(9,10)11/h19-21,24,30,34-38,45H,2,17-18,22-23,25-29H2,1,3-16H3/b24-19+,32-20+,33-21-/t30-,34-,35-,36+,37+,38-,43-/m1/s1. The fourth-order valence-electron chi connectivity index (χ4n) is 9.05. The lowest BCUT2D eigenvalue weighted by Gasteiger charge is -2.45. The maximum Gasteiger partial charge on any atom is 0.192 e. The van der Waals surface area contributed by atoms with Crippen LogP contribution < -0.4 is 0 Å². The van der Waals surface area contributed by atoms with Gasteiger partial charge in [0.25, 0.3) is 0 Å². The first-order valence-corrected chi connectivity index (χ1v) is 25.8. The van der Waals surface area contributed by atoms with Crippen molar-refractivity contribution < 1.29 is 18.8 Å². The minimum atomic E-state index is -2.01. The molecule has 4 rings (SSSR count). The summed E-state index contributed by atoms with van der Waals surface area (Å²) in [5, 5.41) is 11.5. The molecule has 0 unspecified atom stereocenters. The van der Waals surface area contributed by atoms with Crippen LogP contribution in [0.2, 0.25) is 36.3 Å². The lowest BCUT2D eigenvalue weighted by Crippen LogP contribution is -2.49. The van der Waals surface area contributed by atoms with Gasteiger partial charge in [-0.3, -0.25) is 4.79 Å². The van der Waals surface area contributed by atoms with E-state index in [1.54, 1.807) is 5.57 Å². The zero-order valence-corrected chi connectivity index (χ0v) is 37.0. The van der Waals surface area contributed by atoms with Gasteiger partial charge in [-0.15, -0.1) is 0 Å². The summed E-state index contributed by atoms with van der Waals surface area (Å²) < 4.78 is 14.2. The third kappa shape index (κ3) is 8.50. The number of hydrogen-bond acceptors (Lipinski definition) is 4. The number of carbonyl (C=O) groups is 1. The number of Topliss-reactive ketones (excluding diaryl/α,β-unsaturated/α-hetero) is 1. The van der Waals surface area contributed by atoms with Gasteiger partial charge >= 0.3 is 0 Å². The van der Waals surface area contributed by atoms with Gasteiger partial charge in [-0.25, -0.2) is 0 Å². The molecule has 0 aliphatic heterocycles. The van der Waals surface area contributed by atoms with Crippen LogP contribution in [0.15, 0.2) is 47.6 Å². The highest BCUT2D eigenvalue weighted by atomic mass is 28.4. The van der Waals surface area contributed by atoms with Crippen molar-refractivity contribution in [3.8, 4) is 0 Å². The number of hydrogen-bond donors (Lipinski definition) is 1. The Morgan fingerprint density at radius 3 is 2.02 bits per heavy atom. The summed E-state index contributed by atoms with van der Waals surface area (Å²) in [5.74, 6) is 1.70. The molecule has 4 aliphatic rings. The average Bonchev–Trinajstić information content (AvgIpc) is 3.69. The molecule has 4 saturated carbocycles. The van der Waals surface area contributed by atoms with Crippen LogP contribution >= 0.6 is 0 Å². The second-order valence-corrected chi connectivity index (χ2v) is 30.8. The maximum atomic E-state index is 13.2. The molecule has 4 fully saturated rings. The first-order chi connectivity index (χ1) is 22.7. The van der Waals surface area contributed by atoms with E-state index in [1.165, 1.54) is 31.3 Å². The third-order valence-electron chi connectivity index (χ3n) is 14.5. The Bertz CT molecular complexity index is 1360. The summed E-state index contributed by atoms with van der Waals surface area (Å²) in [6.07, 6.45) is 18.0. The summed E-state index contributed by atoms with van der Waals surface area (Å²) in [6, 6.07) is 0. The fraction of sp³-hybridized carbons (Fsp3) is 0.795. The van der Waals surface area contributed by atoms with E-state index in [9.17, 15) is 9.90 Å². The normalized spacial score (nSPS) is 32.4. The van der Waals surface area contributed by atoms with E-state index >= 15 is 0 Å². The summed E-state index contributed by atoms with van der Waals surface area (Å²) in [7, 11) is -3.97. The van der Waals surface area contributed by atoms with Gasteiger partial charge in [-0.1, -0.05) is 113 Å². The number of ketones is 1. The largest absolute Gasteiger partial charge is 0.413 e. The second kappa shape index (κ2) is 14.3. The number of allylic oxidation sites excluding steroid dienone is 4. The third-order valence-corrected chi connectivity index (χ3v) is 23.5. The van der Waals surface area contributed by atoms with E-state index in [2.05, 4.69) is 106 Å². The van der Waals surface area contributed by atoms with Crippen molar-refractivity contribution in [1.29, 1.82) is 0 Å². The van der Waals surface area contributed by atoms with Crippen LogP contribution in [0.3, 0.4) is 0 Å². The molecule has 0 aromatic rings. The lowest BCUT2D eigenvalue weighted by atomic mass is 9.61. The van der Waals surface area contributed by atoms with Gasteiger partial charge in [0.1, 0.15) is 5.78 Å². The van der Waals surface area contributed by atoms with Crippen molar-refractivity contribution in [3.63, 3.8) is 0 Å². The van der Waals surface area contributed by atoms with Gasteiger partial charge in [-0.2, -0.15) is 0 Å². The lowest BCUT2D eigenvalue weighted by molar-refractivity contribution is -0.135. The highest BCUT2D eigenvalue weighted by Gasteiger charge is 2.57. The molecule has 1 N–H and O–H groups in total. The molecule has 6 heteroatoms. The van der Waals surface area contributed by atoms with E-state index in [0.717, 1.165) is 37.7 Å². The molecule has 0 amide bonds. The van der Waals surface area contributed by atoms with E-state index in [1.807, 2.05) is 26.8 Å². The molecule has 0 bridgehead atoms. The van der Waals surface area contributed by atoms with Crippen molar-refractivity contribution in [3.05, 3.63) is 47.6 Å². The van der Waals surface area contributed by atoms with E-state index < -0.39 is 33.6 Å². The molecule has 0 heterocycles. The summed E-state index contributed by atoms with van der Waals surface area (Å²) in [5.41, 5.74) is 3.30. The first kappa shape index (κ1) is 41.7. The topological polar surface area (TPSA) is 55.8 Å². The Labute approximate surface area is 310 Å². The van der Waals surface area contributed by atoms with Crippen LogP contribution in [0.25, 0.3) is 0 Å². The van der Waals surface area contributed by atoms with Gasteiger partial charge in [-0.05, 0) is 122 Å². The fourth-order valence-corrected chi connectivity index (χ4v) is 11.7. The highest BCUT2D eigenvalue weighted by molar-refractivity contribution is 6.74. The number of carbonyl (C=O) groups excluding carboxylic acids is 1. The van der Waals surface area contributed by atoms with Crippen LogP contribution in [0.4, 0.5) is 0 Å². The first-order valence-electron chi connectivity index (χ1n) is 20.0. The molecule has 0 aromatic heterocycles. The van der Waals surface area contributed by atoms with Crippen LogP contribution in [0.5, 0.6) is 0 Å². The Balaban J connectivity index is 1.56. The van der Waals surface area contributed by atoms with Gasteiger partial charge in [0, 0.05) is 11.8 Å². The molecular weight excluding hydrogens is 649 g/mol. The molecular formula is C44H76O4Si2. The van der Waals surface area contributed by atoms with Crippen LogP contribution in [0.1, 0.15) is 134 Å². The minimum absolute atomic E-state index is 0.00648. The maximum absolute atomic E-state index is 13.2. The Morgan fingerprint density at radius 1 is 0.900 bits per heavy atom. The molecule has 0 radical (unpaired) electrons. The molecule has 284 valence electrons. The Hall–Kier alpha value is -1.06. The van der Waals surface area contributed by atoms with Crippen molar-refractivity contribution in [1.82, 2.24) is 0 Å². The Morgan fingerprint density at radius 2 is 1.48 bits per heavy atom. The monoisotopic (exact) mass is 725 g/mol. The van der Waals surface area contributed by atoms with Gasteiger partial charge in [0.2, 0.25) is 0 Å². The molecule has 0 spiro atoms. The average molecular weight is 725 g/mol. The van der Waals surface area contributed by atoms with Crippen molar-refractivity contribution in [2.75, 3.05) is 0 Å². The molecule has 0 saturated heterocycles. The van der Waals surface area contributed by atoms with Crippen molar-refractivity contribution in [2.24, 2.45) is 34.0 Å². The SMILES string of the molecule is C=C1/C(=C\C=C2/CCC[C@]3(C)[C@@H]([C@H](C)/C=C/[C@@H](O)C4(C(=O)C(C)(C)C)CC4)CC[C@@H]23)C[C@@H](O[Si](C)(C)C(C)(C)C)C[C@@H]1O[Si](C)(C)C(C)(C)C. The van der Waals surface area contributed by atoms with Gasteiger partial charge in [0.15, 0.2) is 16.6 Å². The summed E-state index contributed by atoms with van der Waals surface area (Å²) in [6.45, 7) is 38.9. The summed E-state index contributed by atoms with van der Waals surface area (Å²) >= 11 is 0. The number of aliphatic hydroxyl groups is 1. The van der Waals surface area contributed by atoms with Gasteiger partial charge < -0.3 is 14.0 Å². The quantitative estimate of drug-likeness (QED) is 0.180. The Kier molecular flexibility index (Phi) is 11.9. The molecule has 4 nitrogen and oxygen atoms in total. The van der Waals surface area contributed by atoms with Crippen molar-refractivity contribution >= 4 is 22.4 Å². The van der Waals surface area contributed by atoms with E-state index in [0.29, 0.717) is 17.8 Å². The molecule has 4 aliphatic carbocycles. The van der Waals surface area contributed by atoms with Crippen LogP contribution in [-0.2, 0) is 13.6 Å². The zero-order valence-electron chi connectivity index (χ0n) is 35.0. The van der Waals surface area contributed by atoms with E-state index in [-0.39, 0.29) is 33.5 Å². The number of aliphatic hydroxyl groups excluding tert-OH is 1. The van der Waals surface area contributed by atoms with Gasteiger partial charge in [0.05, 0.1) is 23.7 Å². The number of rotatable bonds is 10. The molecule has 0 aromatic carbocycles. The zero-order chi connectivity index (χ0) is 37.9. The molecule has 50 heavy (non-hydrogen) atoms. The smallest absolute Gasteiger partial charge is 0.192 e. The molecule has 7 atom stereocenters. The highest BCUT2D eigenvalue weighted by Crippen LogP contribution is 2.60. The van der Waals surface area contributed by atoms with E-state index in [4.69, 9.17) is 8.85 Å². The second-order valence-electron chi connectivity index (χ2n) is 21.3. The predicted octanol–water partition coefficient (Wildman–Crippen LogP) is 12.1. The minimum Gasteiger partial charge on any atom is -0.413 e. The van der Waals surface area contributed by atoms with Crippen LogP contribution in [-0.4, -0.2) is 45.8 Å². The van der Waals surface area contributed by atoms with Crippen LogP contribution in [0, 0.1) is 34.0 Å². The summed E-state index contributed by atoms with van der Waals surface area (Å²) in [4.78, 5) is 13.2. The predicted molar refractivity (Wildman–Crippen MR) is 217 cm³/mol. The number of fused-ring (bicyclic) bond motifs is 1. The van der Waals surface area contributed by atoms with Crippen molar-refractivity contribution in [2.45, 2.75) is 189 Å².